The predicted octanol–water partition coefficient (Wildman–Crippen LogP) is 0.116. The smallest absolute Gasteiger partial charge is 0.272 e. The van der Waals surface area contributed by atoms with Crippen molar-refractivity contribution in [3.8, 4) is 0 Å². The minimum atomic E-state index is -0.541. The fourth-order valence-electron chi connectivity index (χ4n) is 1.30. The van der Waals surface area contributed by atoms with Crippen LogP contribution in [0.2, 0.25) is 0 Å². The van der Waals surface area contributed by atoms with Crippen LogP contribution in [0.5, 0.6) is 0 Å². The lowest BCUT2D eigenvalue weighted by molar-refractivity contribution is -0.116. The molecule has 0 unspecified atom stereocenters. The number of amidine groups is 1. The normalized spacial score (nSPS) is 10.8. The van der Waals surface area contributed by atoms with Gasteiger partial charge in [0.15, 0.2) is 5.84 Å². The lowest BCUT2D eigenvalue weighted by Crippen LogP contribution is -2.38. The van der Waals surface area contributed by atoms with E-state index in [-0.39, 0.29) is 30.1 Å². The molecule has 0 aliphatic heterocycles. The van der Waals surface area contributed by atoms with Gasteiger partial charge in [-0.25, -0.2) is 0 Å². The Hall–Kier alpha value is -2.36. The quantitative estimate of drug-likeness (QED) is 0.214. The molecule has 10 heteroatoms. The summed E-state index contributed by atoms with van der Waals surface area (Å²) in [7, 11) is 0. The van der Waals surface area contributed by atoms with Gasteiger partial charge in [-0.05, 0) is 30.2 Å². The summed E-state index contributed by atoms with van der Waals surface area (Å²) in [4.78, 5) is 12.2. The maximum Gasteiger partial charge on any atom is 0.272 e. The molecule has 110 valence electrons. The predicted molar refractivity (Wildman–Crippen MR) is 71.2 cm³/mol. The maximum absolute atomic E-state index is 13.6. The minimum absolute atomic E-state index is 0.143. The third kappa shape index (κ3) is 4.39. The summed E-state index contributed by atoms with van der Waals surface area (Å²) >= 11 is 0. The Kier molecular flexibility index (Phi) is 6.23. The van der Waals surface area contributed by atoms with Crippen LogP contribution in [-0.4, -0.2) is 38.6 Å². The van der Waals surface area contributed by atoms with Crippen LogP contribution in [0.3, 0.4) is 0 Å². The number of nitrogens with one attached hydrogen (secondary N) is 2. The molecular formula is C10H17FN8O. The fraction of sp³-hybridized carbons (Fsp3) is 0.500. The highest BCUT2D eigenvalue weighted by molar-refractivity contribution is 5.91. The van der Waals surface area contributed by atoms with Crippen LogP contribution in [0.1, 0.15) is 26.2 Å². The van der Waals surface area contributed by atoms with Crippen LogP contribution in [-0.2, 0) is 4.79 Å². The number of allylic oxidation sites excluding steroid dienone is 2. The zero-order valence-corrected chi connectivity index (χ0v) is 11.1. The first-order chi connectivity index (χ1) is 9.60. The number of halogens is 1. The van der Waals surface area contributed by atoms with E-state index in [2.05, 4.69) is 20.8 Å². The highest BCUT2D eigenvalue weighted by Gasteiger charge is 2.18. The number of amides is 1. The van der Waals surface area contributed by atoms with Gasteiger partial charge in [-0.1, -0.05) is 31.8 Å². The number of tetrazole rings is 1. The molecule has 1 rings (SSSR count). The summed E-state index contributed by atoms with van der Waals surface area (Å²) in [5, 5.41) is 19.5. The van der Waals surface area contributed by atoms with Crippen molar-refractivity contribution in [3.05, 3.63) is 12.2 Å². The minimum Gasteiger partial charge on any atom is -0.324 e. The number of aromatic nitrogens is 4. The Morgan fingerprint density at radius 1 is 1.65 bits per heavy atom. The first-order valence-corrected chi connectivity index (χ1v) is 6.03. The molecule has 4 N–H and O–H groups in total. The van der Waals surface area contributed by atoms with Crippen molar-refractivity contribution in [1.29, 1.82) is 5.41 Å². The molecule has 0 saturated heterocycles. The lowest BCUT2D eigenvalue weighted by Gasteiger charge is -2.13. The topological polar surface area (TPSA) is 126 Å². The Morgan fingerprint density at radius 3 is 3.05 bits per heavy atom. The van der Waals surface area contributed by atoms with Crippen LogP contribution >= 0.6 is 0 Å². The summed E-state index contributed by atoms with van der Waals surface area (Å²) in [6.07, 6.45) is 5.55. The Bertz CT molecular complexity index is 485. The molecule has 0 aliphatic rings. The molecule has 0 aromatic carbocycles. The fourth-order valence-corrected chi connectivity index (χ4v) is 1.30. The zero-order chi connectivity index (χ0) is 15.0. The number of hydrogen-bond donors (Lipinski definition) is 3. The monoisotopic (exact) mass is 284 g/mol. The van der Waals surface area contributed by atoms with Crippen molar-refractivity contribution >= 4 is 17.7 Å². The van der Waals surface area contributed by atoms with Crippen molar-refractivity contribution in [2.24, 2.45) is 5.73 Å². The molecule has 0 aliphatic carbocycles. The van der Waals surface area contributed by atoms with Crippen molar-refractivity contribution in [3.63, 3.8) is 0 Å². The molecule has 1 aromatic rings. The van der Waals surface area contributed by atoms with Gasteiger partial charge in [0, 0.05) is 6.42 Å². The summed E-state index contributed by atoms with van der Waals surface area (Å²) in [6.45, 7) is 1.57. The van der Waals surface area contributed by atoms with Crippen LogP contribution in [0.25, 0.3) is 0 Å². The second-order valence-corrected chi connectivity index (χ2v) is 3.81. The van der Waals surface area contributed by atoms with Crippen molar-refractivity contribution in [1.82, 2.24) is 20.3 Å². The molecule has 0 spiro atoms. The average molecular weight is 284 g/mol. The first kappa shape index (κ1) is 15.7. The first-order valence-electron chi connectivity index (χ1n) is 6.03. The molecule has 1 heterocycles. The van der Waals surface area contributed by atoms with Crippen molar-refractivity contribution in [2.75, 3.05) is 17.1 Å². The van der Waals surface area contributed by atoms with E-state index in [0.29, 0.717) is 11.2 Å². The molecule has 20 heavy (non-hydrogen) atoms. The van der Waals surface area contributed by atoms with Gasteiger partial charge in [-0.15, -0.1) is 0 Å². The van der Waals surface area contributed by atoms with Gasteiger partial charge in [0.2, 0.25) is 5.91 Å². The average Bonchev–Trinajstić information content (AvgIpc) is 2.89. The molecule has 0 fully saturated rings. The molecule has 1 aromatic heterocycles. The van der Waals surface area contributed by atoms with E-state index in [0.717, 1.165) is 6.42 Å². The summed E-state index contributed by atoms with van der Waals surface area (Å²) in [5.74, 6) is -1.08. The molecule has 0 atom stereocenters. The van der Waals surface area contributed by atoms with E-state index in [4.69, 9.17) is 11.1 Å². The van der Waals surface area contributed by atoms with Gasteiger partial charge < -0.3 is 5.73 Å². The number of hydrogen-bond acceptors (Lipinski definition) is 6. The highest BCUT2D eigenvalue weighted by atomic mass is 19.2. The Morgan fingerprint density at radius 2 is 2.40 bits per heavy atom. The lowest BCUT2D eigenvalue weighted by atomic mass is 10.2. The van der Waals surface area contributed by atoms with Gasteiger partial charge in [-0.2, -0.15) is 0 Å². The number of carbonyl (C=O) groups is 1. The molecule has 0 saturated carbocycles. The van der Waals surface area contributed by atoms with E-state index in [1.807, 2.05) is 19.1 Å². The molecule has 9 nitrogen and oxygen atoms in total. The van der Waals surface area contributed by atoms with E-state index in [9.17, 15) is 9.28 Å². The summed E-state index contributed by atoms with van der Waals surface area (Å²) < 4.78 is 13.6. The van der Waals surface area contributed by atoms with Crippen LogP contribution in [0, 0.1) is 5.41 Å². The van der Waals surface area contributed by atoms with E-state index in [1.54, 1.807) is 0 Å². The number of nitrogens with two attached hydrogens (primary N) is 1. The summed E-state index contributed by atoms with van der Waals surface area (Å²) in [6, 6.07) is 0. The van der Waals surface area contributed by atoms with E-state index in [1.165, 1.54) is 0 Å². The number of anilines is 1. The van der Waals surface area contributed by atoms with Crippen molar-refractivity contribution < 1.29 is 9.28 Å². The van der Waals surface area contributed by atoms with Gasteiger partial charge >= 0.3 is 0 Å². The number of carbonyl (C=O) groups excluding carboxylic acids is 1. The SMILES string of the molecule is C/C=C/CCCC(=O)Nc1nnnn1N(F)C(=N)CN. The number of nitrogens with zero attached hydrogens (tertiary/aromatic N) is 5. The Balaban J connectivity index is 2.58. The molecule has 0 bridgehead atoms. The third-order valence-corrected chi connectivity index (χ3v) is 2.30. The Labute approximate surface area is 115 Å². The molecular weight excluding hydrogens is 267 g/mol. The van der Waals surface area contributed by atoms with Crippen LogP contribution in [0.4, 0.5) is 10.4 Å². The van der Waals surface area contributed by atoms with Gasteiger partial charge in [0.1, 0.15) is 0 Å². The second-order valence-electron chi connectivity index (χ2n) is 3.81. The second kappa shape index (κ2) is 7.94. The molecule has 1 amide bonds. The summed E-state index contributed by atoms with van der Waals surface area (Å²) in [5.41, 5.74) is 5.14. The van der Waals surface area contributed by atoms with E-state index < -0.39 is 5.84 Å². The zero-order valence-electron chi connectivity index (χ0n) is 11.1. The number of rotatable bonds is 7. The standard InChI is InChI=1S/C10H17FN8O/c1-2-3-4-5-6-9(20)14-10-15-16-17-19(10)18(11)8(13)7-12/h2-3,13H,4-7,12H2,1H3,(H,14,15,17,20)/b3-2+,13-8?. The van der Waals surface area contributed by atoms with Gasteiger partial charge in [0.05, 0.1) is 6.54 Å². The van der Waals surface area contributed by atoms with Gasteiger partial charge in [0.25, 0.3) is 5.95 Å². The van der Waals surface area contributed by atoms with E-state index >= 15 is 0 Å². The van der Waals surface area contributed by atoms with Crippen LogP contribution in [0.15, 0.2) is 12.2 Å². The largest absolute Gasteiger partial charge is 0.324 e. The van der Waals surface area contributed by atoms with Crippen molar-refractivity contribution in [2.45, 2.75) is 26.2 Å². The highest BCUT2D eigenvalue weighted by Crippen LogP contribution is 2.05. The number of unbranched alkanes of at least 4 members (excludes halogenated alkanes) is 1. The third-order valence-electron chi connectivity index (χ3n) is 2.30. The molecule has 0 radical (unpaired) electrons. The van der Waals surface area contributed by atoms with Gasteiger partial charge in [-0.3, -0.25) is 15.5 Å². The van der Waals surface area contributed by atoms with Crippen LogP contribution < -0.4 is 16.3 Å². The maximum atomic E-state index is 13.6.